The molecule has 0 atom stereocenters. The molecule has 0 unspecified atom stereocenters. The lowest BCUT2D eigenvalue weighted by atomic mass is 9.95. The van der Waals surface area contributed by atoms with E-state index in [-0.39, 0.29) is 11.2 Å². The van der Waals surface area contributed by atoms with Crippen molar-refractivity contribution >= 4 is 17.7 Å². The number of aliphatic carboxylic acids is 1. The fourth-order valence-corrected chi connectivity index (χ4v) is 2.98. The van der Waals surface area contributed by atoms with Crippen molar-refractivity contribution in [3.63, 3.8) is 0 Å². The summed E-state index contributed by atoms with van der Waals surface area (Å²) in [6.07, 6.45) is 2.09. The summed E-state index contributed by atoms with van der Waals surface area (Å²) in [5, 5.41) is 13.9. The summed E-state index contributed by atoms with van der Waals surface area (Å²) in [6, 6.07) is 10.3. The molecular formula is C14H15N3O2S. The van der Waals surface area contributed by atoms with Crippen LogP contribution in [0.2, 0.25) is 0 Å². The SMILES string of the molecule is Cn1nc(C2(c3ccccc3)CC2)nc1SCC(=O)O. The van der Waals surface area contributed by atoms with E-state index in [1.165, 1.54) is 17.3 Å². The van der Waals surface area contributed by atoms with Gasteiger partial charge in [0.1, 0.15) is 0 Å². The van der Waals surface area contributed by atoms with Crippen LogP contribution in [0, 0.1) is 0 Å². The highest BCUT2D eigenvalue weighted by molar-refractivity contribution is 7.99. The molecule has 104 valence electrons. The Balaban J connectivity index is 1.88. The molecule has 1 heterocycles. The molecule has 1 fully saturated rings. The van der Waals surface area contributed by atoms with E-state index < -0.39 is 5.97 Å². The molecule has 0 aliphatic heterocycles. The summed E-state index contributed by atoms with van der Waals surface area (Å²) in [4.78, 5) is 15.2. The lowest BCUT2D eigenvalue weighted by Gasteiger charge is -2.10. The number of thioether (sulfide) groups is 1. The topological polar surface area (TPSA) is 68.0 Å². The van der Waals surface area contributed by atoms with Gasteiger partial charge in [0.15, 0.2) is 11.0 Å². The summed E-state index contributed by atoms with van der Waals surface area (Å²) >= 11 is 1.20. The Kier molecular flexibility index (Phi) is 3.25. The lowest BCUT2D eigenvalue weighted by molar-refractivity contribution is -0.133. The van der Waals surface area contributed by atoms with E-state index in [0.29, 0.717) is 5.16 Å². The Morgan fingerprint density at radius 3 is 2.70 bits per heavy atom. The minimum Gasteiger partial charge on any atom is -0.481 e. The number of carbonyl (C=O) groups is 1. The van der Waals surface area contributed by atoms with Gasteiger partial charge in [0.25, 0.3) is 0 Å². The number of carboxylic acids is 1. The number of aryl methyl sites for hydroxylation is 1. The van der Waals surface area contributed by atoms with Crippen LogP contribution in [0.3, 0.4) is 0 Å². The van der Waals surface area contributed by atoms with E-state index in [9.17, 15) is 4.79 Å². The van der Waals surface area contributed by atoms with Gasteiger partial charge in [-0.2, -0.15) is 5.10 Å². The fourth-order valence-electron chi connectivity index (χ4n) is 2.35. The smallest absolute Gasteiger partial charge is 0.313 e. The van der Waals surface area contributed by atoms with Gasteiger partial charge in [-0.1, -0.05) is 42.1 Å². The fraction of sp³-hybridized carbons (Fsp3) is 0.357. The zero-order valence-corrected chi connectivity index (χ0v) is 11.9. The van der Waals surface area contributed by atoms with Crippen molar-refractivity contribution in [2.45, 2.75) is 23.4 Å². The lowest BCUT2D eigenvalue weighted by Crippen LogP contribution is -2.11. The minimum atomic E-state index is -0.844. The highest BCUT2D eigenvalue weighted by Crippen LogP contribution is 2.52. The number of benzene rings is 1. The molecule has 1 aliphatic carbocycles. The van der Waals surface area contributed by atoms with Gasteiger partial charge in [-0.25, -0.2) is 9.67 Å². The van der Waals surface area contributed by atoms with Gasteiger partial charge >= 0.3 is 5.97 Å². The van der Waals surface area contributed by atoms with Crippen LogP contribution in [-0.4, -0.2) is 31.6 Å². The molecule has 1 aromatic heterocycles. The molecule has 6 heteroatoms. The van der Waals surface area contributed by atoms with Crippen molar-refractivity contribution in [1.29, 1.82) is 0 Å². The summed E-state index contributed by atoms with van der Waals surface area (Å²) < 4.78 is 1.67. The summed E-state index contributed by atoms with van der Waals surface area (Å²) in [7, 11) is 1.81. The van der Waals surface area contributed by atoms with Crippen LogP contribution in [0.15, 0.2) is 35.5 Å². The first-order valence-corrected chi connectivity index (χ1v) is 7.42. The zero-order chi connectivity index (χ0) is 14.2. The Bertz CT molecular complexity index is 635. The molecule has 1 N–H and O–H groups in total. The van der Waals surface area contributed by atoms with E-state index in [0.717, 1.165) is 18.7 Å². The van der Waals surface area contributed by atoms with E-state index in [4.69, 9.17) is 5.11 Å². The van der Waals surface area contributed by atoms with E-state index in [1.54, 1.807) is 4.68 Å². The average molecular weight is 289 g/mol. The van der Waals surface area contributed by atoms with Gasteiger partial charge in [-0.15, -0.1) is 0 Å². The second kappa shape index (κ2) is 4.94. The third-order valence-electron chi connectivity index (χ3n) is 3.55. The van der Waals surface area contributed by atoms with Crippen molar-refractivity contribution in [3.05, 3.63) is 41.7 Å². The van der Waals surface area contributed by atoms with Crippen molar-refractivity contribution in [1.82, 2.24) is 14.8 Å². The molecule has 0 radical (unpaired) electrons. The van der Waals surface area contributed by atoms with E-state index in [2.05, 4.69) is 22.2 Å². The number of carboxylic acid groups (broad SMARTS) is 1. The third-order valence-corrected chi connectivity index (χ3v) is 4.56. The number of hydrogen-bond donors (Lipinski definition) is 1. The van der Waals surface area contributed by atoms with Crippen LogP contribution >= 0.6 is 11.8 Å². The van der Waals surface area contributed by atoms with Gasteiger partial charge in [0, 0.05) is 7.05 Å². The molecule has 1 saturated carbocycles. The molecule has 2 aromatic rings. The van der Waals surface area contributed by atoms with Crippen molar-refractivity contribution in [2.24, 2.45) is 7.05 Å². The van der Waals surface area contributed by atoms with Crippen LogP contribution in [0.5, 0.6) is 0 Å². The highest BCUT2D eigenvalue weighted by Gasteiger charge is 2.49. The molecule has 3 rings (SSSR count). The molecule has 1 aromatic carbocycles. The van der Waals surface area contributed by atoms with Crippen LogP contribution in [0.4, 0.5) is 0 Å². The molecule has 20 heavy (non-hydrogen) atoms. The summed E-state index contributed by atoms with van der Waals surface area (Å²) in [6.45, 7) is 0. The van der Waals surface area contributed by atoms with Crippen molar-refractivity contribution < 1.29 is 9.90 Å². The monoisotopic (exact) mass is 289 g/mol. The minimum absolute atomic E-state index is 0.00428. The van der Waals surface area contributed by atoms with Crippen LogP contribution < -0.4 is 0 Å². The largest absolute Gasteiger partial charge is 0.481 e. The Morgan fingerprint density at radius 2 is 2.10 bits per heavy atom. The third kappa shape index (κ3) is 2.31. The second-order valence-electron chi connectivity index (χ2n) is 4.97. The van der Waals surface area contributed by atoms with Crippen LogP contribution in [-0.2, 0) is 17.3 Å². The van der Waals surface area contributed by atoms with Gasteiger partial charge in [0.05, 0.1) is 11.2 Å². The molecule has 1 aliphatic rings. The van der Waals surface area contributed by atoms with Gasteiger partial charge in [-0.05, 0) is 18.4 Å². The van der Waals surface area contributed by atoms with Gasteiger partial charge < -0.3 is 5.11 Å². The predicted molar refractivity (Wildman–Crippen MR) is 75.8 cm³/mol. The number of hydrogen-bond acceptors (Lipinski definition) is 4. The van der Waals surface area contributed by atoms with Crippen molar-refractivity contribution in [3.8, 4) is 0 Å². The number of nitrogens with zero attached hydrogens (tertiary/aromatic N) is 3. The Labute approximate surface area is 121 Å². The van der Waals surface area contributed by atoms with Gasteiger partial charge in [-0.3, -0.25) is 4.79 Å². The standard InChI is InChI=1S/C14H15N3O2S/c1-17-13(20-9-11(18)19)15-12(16-17)14(7-8-14)10-5-3-2-4-6-10/h2-6H,7-9H2,1H3,(H,18,19). The average Bonchev–Trinajstić information content (AvgIpc) is 3.17. The maximum absolute atomic E-state index is 10.6. The molecule has 5 nitrogen and oxygen atoms in total. The molecule has 0 amide bonds. The van der Waals surface area contributed by atoms with Crippen molar-refractivity contribution in [2.75, 3.05) is 5.75 Å². The summed E-state index contributed by atoms with van der Waals surface area (Å²) in [5.74, 6) is -0.0348. The zero-order valence-electron chi connectivity index (χ0n) is 11.1. The molecule has 0 saturated heterocycles. The maximum atomic E-state index is 10.6. The van der Waals surface area contributed by atoms with E-state index in [1.807, 2.05) is 25.2 Å². The maximum Gasteiger partial charge on any atom is 0.313 e. The first-order chi connectivity index (χ1) is 9.62. The molecule has 0 bridgehead atoms. The molecular weight excluding hydrogens is 274 g/mol. The van der Waals surface area contributed by atoms with E-state index >= 15 is 0 Å². The summed E-state index contributed by atoms with van der Waals surface area (Å²) in [5.41, 5.74) is 1.17. The number of rotatable bonds is 5. The predicted octanol–water partition coefficient (Wildman–Crippen LogP) is 2.07. The number of aromatic nitrogens is 3. The Morgan fingerprint density at radius 1 is 1.40 bits per heavy atom. The first-order valence-electron chi connectivity index (χ1n) is 6.43. The first kappa shape index (κ1) is 13.2. The molecule has 0 spiro atoms. The normalized spacial score (nSPS) is 16.1. The van der Waals surface area contributed by atoms with Crippen LogP contribution in [0.25, 0.3) is 0 Å². The quantitative estimate of drug-likeness (QED) is 0.853. The highest BCUT2D eigenvalue weighted by atomic mass is 32.2. The van der Waals surface area contributed by atoms with Crippen LogP contribution in [0.1, 0.15) is 24.2 Å². The van der Waals surface area contributed by atoms with Gasteiger partial charge in [0.2, 0.25) is 0 Å². The Hall–Kier alpha value is -1.82. The second-order valence-corrected chi connectivity index (χ2v) is 5.91.